The Morgan fingerprint density at radius 1 is 1.36 bits per heavy atom. The van der Waals surface area contributed by atoms with Crippen LogP contribution < -0.4 is 5.73 Å². The SMILES string of the molecule is CC(C)(N)c1csc2ccc(F)cc12. The largest absolute Gasteiger partial charge is 0.322 e. The molecule has 14 heavy (non-hydrogen) atoms. The predicted octanol–water partition coefficient (Wildman–Crippen LogP) is 3.23. The Balaban J connectivity index is 2.73. The second kappa shape index (κ2) is 3.04. The van der Waals surface area contributed by atoms with Crippen molar-refractivity contribution in [3.63, 3.8) is 0 Å². The molecule has 0 radical (unpaired) electrons. The fourth-order valence-corrected chi connectivity index (χ4v) is 2.62. The summed E-state index contributed by atoms with van der Waals surface area (Å²) in [7, 11) is 0. The molecule has 2 rings (SSSR count). The van der Waals surface area contributed by atoms with Crippen molar-refractivity contribution >= 4 is 21.4 Å². The van der Waals surface area contributed by atoms with Gasteiger partial charge in [0, 0.05) is 15.6 Å². The van der Waals surface area contributed by atoms with Crippen molar-refractivity contribution < 1.29 is 4.39 Å². The third kappa shape index (κ3) is 1.53. The Morgan fingerprint density at radius 3 is 2.71 bits per heavy atom. The van der Waals surface area contributed by atoms with Crippen LogP contribution in [0.15, 0.2) is 23.6 Å². The summed E-state index contributed by atoms with van der Waals surface area (Å²) in [5.74, 6) is -0.207. The van der Waals surface area contributed by atoms with E-state index in [0.29, 0.717) is 0 Å². The number of rotatable bonds is 1. The maximum absolute atomic E-state index is 13.0. The highest BCUT2D eigenvalue weighted by Crippen LogP contribution is 2.32. The average Bonchev–Trinajstić information content (AvgIpc) is 2.45. The van der Waals surface area contributed by atoms with Crippen molar-refractivity contribution in [3.8, 4) is 0 Å². The van der Waals surface area contributed by atoms with Gasteiger partial charge in [0.05, 0.1) is 0 Å². The number of nitrogens with two attached hydrogens (primary N) is 1. The first kappa shape index (κ1) is 9.62. The van der Waals surface area contributed by atoms with Crippen LogP contribution in [0.4, 0.5) is 4.39 Å². The first-order valence-corrected chi connectivity index (χ1v) is 5.32. The number of halogens is 1. The van der Waals surface area contributed by atoms with Crippen molar-refractivity contribution in [1.82, 2.24) is 0 Å². The smallest absolute Gasteiger partial charge is 0.123 e. The molecule has 0 aliphatic carbocycles. The van der Waals surface area contributed by atoms with E-state index in [0.717, 1.165) is 15.6 Å². The summed E-state index contributed by atoms with van der Waals surface area (Å²) in [5, 5.41) is 2.94. The lowest BCUT2D eigenvalue weighted by atomic mass is 9.95. The highest BCUT2D eigenvalue weighted by molar-refractivity contribution is 7.17. The minimum atomic E-state index is -0.411. The van der Waals surface area contributed by atoms with Crippen LogP contribution in [0.1, 0.15) is 19.4 Å². The van der Waals surface area contributed by atoms with Gasteiger partial charge in [-0.1, -0.05) is 0 Å². The van der Waals surface area contributed by atoms with E-state index in [1.165, 1.54) is 6.07 Å². The van der Waals surface area contributed by atoms with E-state index in [-0.39, 0.29) is 5.82 Å². The molecule has 3 heteroatoms. The van der Waals surface area contributed by atoms with Gasteiger partial charge in [0.15, 0.2) is 0 Å². The summed E-state index contributed by atoms with van der Waals surface area (Å²) in [6.07, 6.45) is 0. The Hall–Kier alpha value is -0.930. The molecule has 0 amide bonds. The predicted molar refractivity (Wildman–Crippen MR) is 59.0 cm³/mol. The molecule has 0 bridgehead atoms. The van der Waals surface area contributed by atoms with Crippen LogP contribution in [0, 0.1) is 5.82 Å². The van der Waals surface area contributed by atoms with Gasteiger partial charge in [-0.25, -0.2) is 4.39 Å². The lowest BCUT2D eigenvalue weighted by Gasteiger charge is -2.17. The topological polar surface area (TPSA) is 26.0 Å². The zero-order valence-electron chi connectivity index (χ0n) is 8.17. The third-order valence-corrected chi connectivity index (χ3v) is 3.19. The van der Waals surface area contributed by atoms with Gasteiger partial charge in [-0.05, 0) is 43.0 Å². The second-order valence-electron chi connectivity index (χ2n) is 4.01. The fraction of sp³-hybridized carbons (Fsp3) is 0.273. The Labute approximate surface area is 86.4 Å². The van der Waals surface area contributed by atoms with Crippen molar-refractivity contribution in [2.45, 2.75) is 19.4 Å². The molecule has 2 aromatic rings. The van der Waals surface area contributed by atoms with Crippen LogP contribution in [0.3, 0.4) is 0 Å². The maximum atomic E-state index is 13.0. The van der Waals surface area contributed by atoms with E-state index < -0.39 is 5.54 Å². The Bertz CT molecular complexity index is 468. The van der Waals surface area contributed by atoms with E-state index in [9.17, 15) is 4.39 Å². The summed E-state index contributed by atoms with van der Waals surface area (Å²) in [6, 6.07) is 4.83. The summed E-state index contributed by atoms with van der Waals surface area (Å²) in [5.41, 5.74) is 6.60. The number of thiophene rings is 1. The molecular formula is C11H12FNS. The van der Waals surface area contributed by atoms with Gasteiger partial charge >= 0.3 is 0 Å². The highest BCUT2D eigenvalue weighted by atomic mass is 32.1. The first-order valence-electron chi connectivity index (χ1n) is 4.44. The first-order chi connectivity index (χ1) is 6.48. The van der Waals surface area contributed by atoms with Gasteiger partial charge in [-0.2, -0.15) is 0 Å². The lowest BCUT2D eigenvalue weighted by Crippen LogP contribution is -2.28. The van der Waals surface area contributed by atoms with Gasteiger partial charge in [0.25, 0.3) is 0 Å². The van der Waals surface area contributed by atoms with Crippen LogP contribution in [0.25, 0.3) is 10.1 Å². The molecule has 0 atom stereocenters. The van der Waals surface area contributed by atoms with Crippen LogP contribution in [0.5, 0.6) is 0 Å². The highest BCUT2D eigenvalue weighted by Gasteiger charge is 2.18. The molecule has 2 N–H and O–H groups in total. The quantitative estimate of drug-likeness (QED) is 0.766. The van der Waals surface area contributed by atoms with Crippen molar-refractivity contribution in [2.24, 2.45) is 5.73 Å². The fourth-order valence-electron chi connectivity index (χ4n) is 1.50. The molecular weight excluding hydrogens is 197 g/mol. The minimum Gasteiger partial charge on any atom is -0.322 e. The minimum absolute atomic E-state index is 0.207. The molecule has 0 saturated heterocycles. The molecule has 1 aromatic carbocycles. The molecule has 0 fully saturated rings. The summed E-state index contributed by atoms with van der Waals surface area (Å²) < 4.78 is 14.1. The molecule has 1 nitrogen and oxygen atoms in total. The average molecular weight is 209 g/mol. The number of hydrogen-bond donors (Lipinski definition) is 1. The van der Waals surface area contributed by atoms with E-state index in [4.69, 9.17) is 5.73 Å². The molecule has 0 saturated carbocycles. The number of fused-ring (bicyclic) bond motifs is 1. The molecule has 0 spiro atoms. The molecule has 1 heterocycles. The summed E-state index contributed by atoms with van der Waals surface area (Å²) >= 11 is 1.60. The van der Waals surface area contributed by atoms with Gasteiger partial charge in [-0.3, -0.25) is 0 Å². The van der Waals surface area contributed by atoms with Crippen LogP contribution >= 0.6 is 11.3 Å². The van der Waals surface area contributed by atoms with E-state index in [2.05, 4.69) is 0 Å². The second-order valence-corrected chi connectivity index (χ2v) is 4.92. The van der Waals surface area contributed by atoms with Crippen LogP contribution in [-0.4, -0.2) is 0 Å². The zero-order chi connectivity index (χ0) is 10.3. The van der Waals surface area contributed by atoms with Gasteiger partial charge in [-0.15, -0.1) is 11.3 Å². The standard InChI is InChI=1S/C11H12FNS/c1-11(2,13)9-6-14-10-4-3-7(12)5-8(9)10/h3-6H,13H2,1-2H3. The molecule has 74 valence electrons. The summed E-state index contributed by atoms with van der Waals surface area (Å²) in [4.78, 5) is 0. The normalized spacial score (nSPS) is 12.3. The Morgan fingerprint density at radius 2 is 2.07 bits per heavy atom. The van der Waals surface area contributed by atoms with Crippen molar-refractivity contribution in [1.29, 1.82) is 0 Å². The van der Waals surface area contributed by atoms with Crippen molar-refractivity contribution in [3.05, 3.63) is 35.0 Å². The number of benzene rings is 1. The van der Waals surface area contributed by atoms with E-state index in [1.807, 2.05) is 19.2 Å². The van der Waals surface area contributed by atoms with Crippen LogP contribution in [0.2, 0.25) is 0 Å². The van der Waals surface area contributed by atoms with E-state index >= 15 is 0 Å². The monoisotopic (exact) mass is 209 g/mol. The van der Waals surface area contributed by atoms with Gasteiger partial charge in [0.2, 0.25) is 0 Å². The molecule has 1 aromatic heterocycles. The molecule has 0 unspecified atom stereocenters. The molecule has 0 aliphatic rings. The van der Waals surface area contributed by atoms with Crippen molar-refractivity contribution in [2.75, 3.05) is 0 Å². The Kier molecular flexibility index (Phi) is 2.09. The third-order valence-electron chi connectivity index (χ3n) is 2.23. The van der Waals surface area contributed by atoms with Crippen LogP contribution in [-0.2, 0) is 5.54 Å². The maximum Gasteiger partial charge on any atom is 0.123 e. The van der Waals surface area contributed by atoms with Gasteiger partial charge in [0.1, 0.15) is 5.82 Å². The van der Waals surface area contributed by atoms with Gasteiger partial charge < -0.3 is 5.73 Å². The zero-order valence-corrected chi connectivity index (χ0v) is 8.99. The molecule has 0 aliphatic heterocycles. The number of hydrogen-bond acceptors (Lipinski definition) is 2. The lowest BCUT2D eigenvalue weighted by molar-refractivity contribution is 0.561. The summed E-state index contributed by atoms with van der Waals surface area (Å²) in [6.45, 7) is 3.86. The van der Waals surface area contributed by atoms with E-state index in [1.54, 1.807) is 23.5 Å².